The van der Waals surface area contributed by atoms with Crippen LogP contribution in [0, 0.1) is 38.2 Å². The Labute approximate surface area is 127 Å². The zero-order valence-electron chi connectivity index (χ0n) is 11.5. The molecule has 1 aliphatic carbocycles. The first-order valence-electron chi connectivity index (χ1n) is 6.76. The summed E-state index contributed by atoms with van der Waals surface area (Å²) in [6.45, 7) is 0. The second-order valence-corrected chi connectivity index (χ2v) is 5.31. The molecule has 3 rings (SSSR count). The van der Waals surface area contributed by atoms with Crippen molar-refractivity contribution in [2.75, 3.05) is 0 Å². The number of nitro groups is 1. The van der Waals surface area contributed by atoms with Gasteiger partial charge >= 0.3 is 0 Å². The predicted molar refractivity (Wildman–Crippen MR) is 78.7 cm³/mol. The third kappa shape index (κ3) is 1.92. The summed E-state index contributed by atoms with van der Waals surface area (Å²) in [6, 6.07) is 19.8. The van der Waals surface area contributed by atoms with Gasteiger partial charge in [-0.05, 0) is 11.1 Å². The molecule has 2 aromatic rings. The molecule has 1 saturated carbocycles. The van der Waals surface area contributed by atoms with Crippen molar-refractivity contribution in [3.63, 3.8) is 0 Å². The zero-order valence-corrected chi connectivity index (χ0v) is 11.5. The highest BCUT2D eigenvalue weighted by Crippen LogP contribution is 2.69. The number of nitro benzene ring substituents is 1. The Morgan fingerprint density at radius 2 is 1.41 bits per heavy atom. The first kappa shape index (κ1) is 13.8. The smallest absolute Gasteiger partial charge is 0.258 e. The second-order valence-electron chi connectivity index (χ2n) is 5.31. The lowest BCUT2D eigenvalue weighted by molar-refractivity contribution is -0.384. The molecule has 2 unspecified atom stereocenters. The molecule has 5 heteroatoms. The number of rotatable bonds is 3. The molecule has 2 aromatic carbocycles. The lowest BCUT2D eigenvalue weighted by Gasteiger charge is -2.00. The maximum Gasteiger partial charge on any atom is 0.269 e. The van der Waals surface area contributed by atoms with E-state index in [1.807, 2.05) is 30.3 Å². The van der Waals surface area contributed by atoms with E-state index in [4.69, 9.17) is 0 Å². The van der Waals surface area contributed by atoms with Gasteiger partial charge in [-0.15, -0.1) is 0 Å². The van der Waals surface area contributed by atoms with Crippen LogP contribution in [0.2, 0.25) is 0 Å². The Hall–Kier alpha value is -3.18. The van der Waals surface area contributed by atoms with E-state index in [1.54, 1.807) is 12.1 Å². The van der Waals surface area contributed by atoms with E-state index >= 15 is 0 Å². The largest absolute Gasteiger partial charge is 0.269 e. The van der Waals surface area contributed by atoms with E-state index in [-0.39, 0.29) is 17.5 Å². The molecular weight excluding hydrogens is 278 g/mol. The monoisotopic (exact) mass is 289 g/mol. The number of benzene rings is 2. The highest BCUT2D eigenvalue weighted by Gasteiger charge is 2.67. The molecule has 2 atom stereocenters. The van der Waals surface area contributed by atoms with Gasteiger partial charge in [-0.3, -0.25) is 10.1 Å². The predicted octanol–water partition coefficient (Wildman–Crippen LogP) is 3.51. The third-order valence-corrected chi connectivity index (χ3v) is 4.20. The van der Waals surface area contributed by atoms with Crippen LogP contribution in [0.15, 0.2) is 54.6 Å². The molecule has 1 fully saturated rings. The lowest BCUT2D eigenvalue weighted by atomic mass is 10.0. The molecule has 0 amide bonds. The van der Waals surface area contributed by atoms with Crippen molar-refractivity contribution in [3.8, 4) is 12.1 Å². The summed E-state index contributed by atoms with van der Waals surface area (Å²) in [5.74, 6) is -0.462. The van der Waals surface area contributed by atoms with Gasteiger partial charge in [0.2, 0.25) is 0 Å². The van der Waals surface area contributed by atoms with Crippen LogP contribution in [-0.2, 0) is 0 Å². The minimum atomic E-state index is -1.10. The maximum absolute atomic E-state index is 10.7. The van der Waals surface area contributed by atoms with E-state index < -0.39 is 10.3 Å². The van der Waals surface area contributed by atoms with Crippen LogP contribution in [0.1, 0.15) is 23.0 Å². The van der Waals surface area contributed by atoms with Crippen molar-refractivity contribution in [3.05, 3.63) is 75.8 Å². The summed E-state index contributed by atoms with van der Waals surface area (Å²) >= 11 is 0. The van der Waals surface area contributed by atoms with Crippen molar-refractivity contribution in [2.24, 2.45) is 5.41 Å². The zero-order chi connectivity index (χ0) is 15.7. The van der Waals surface area contributed by atoms with Gasteiger partial charge in [0, 0.05) is 24.0 Å². The maximum atomic E-state index is 10.7. The van der Waals surface area contributed by atoms with Crippen molar-refractivity contribution >= 4 is 5.69 Å². The molecule has 22 heavy (non-hydrogen) atoms. The van der Waals surface area contributed by atoms with Gasteiger partial charge in [-0.2, -0.15) is 10.5 Å². The highest BCUT2D eigenvalue weighted by molar-refractivity contribution is 5.53. The standard InChI is InChI=1S/C17H11N3O2/c18-10-17(11-19)15(12-4-2-1-3-5-12)16(17)13-6-8-14(9-7-13)20(21)22/h1-9,15-16H. The van der Waals surface area contributed by atoms with Crippen LogP contribution < -0.4 is 0 Å². The molecule has 0 spiro atoms. The fraction of sp³-hybridized carbons (Fsp3) is 0.176. The minimum absolute atomic E-state index is 0.000163. The van der Waals surface area contributed by atoms with Crippen LogP contribution in [0.5, 0.6) is 0 Å². The number of nitrogens with zero attached hydrogens (tertiary/aromatic N) is 3. The number of hydrogen-bond donors (Lipinski definition) is 0. The Morgan fingerprint density at radius 1 is 0.909 bits per heavy atom. The number of non-ortho nitro benzene ring substituents is 1. The van der Waals surface area contributed by atoms with Crippen molar-refractivity contribution < 1.29 is 4.92 Å². The highest BCUT2D eigenvalue weighted by atomic mass is 16.6. The van der Waals surface area contributed by atoms with Gasteiger partial charge in [-0.25, -0.2) is 0 Å². The Kier molecular flexibility index (Phi) is 3.12. The van der Waals surface area contributed by atoms with Gasteiger partial charge in [-0.1, -0.05) is 42.5 Å². The summed E-state index contributed by atoms with van der Waals surface area (Å²) in [4.78, 5) is 10.3. The molecule has 0 heterocycles. The van der Waals surface area contributed by atoms with Gasteiger partial charge < -0.3 is 0 Å². The minimum Gasteiger partial charge on any atom is -0.258 e. The molecule has 0 aromatic heterocycles. The third-order valence-electron chi connectivity index (χ3n) is 4.20. The lowest BCUT2D eigenvalue weighted by Crippen LogP contribution is -1.97. The Morgan fingerprint density at radius 3 is 1.86 bits per heavy atom. The van der Waals surface area contributed by atoms with Crippen molar-refractivity contribution in [1.29, 1.82) is 10.5 Å². The summed E-state index contributed by atoms with van der Waals surface area (Å²) in [5.41, 5.74) is 0.619. The van der Waals surface area contributed by atoms with Gasteiger partial charge in [0.05, 0.1) is 17.1 Å². The Balaban J connectivity index is 2.01. The molecule has 0 aliphatic heterocycles. The molecule has 0 N–H and O–H groups in total. The average molecular weight is 289 g/mol. The van der Waals surface area contributed by atoms with Crippen LogP contribution >= 0.6 is 0 Å². The van der Waals surface area contributed by atoms with E-state index in [9.17, 15) is 20.6 Å². The van der Waals surface area contributed by atoms with Crippen LogP contribution in [0.3, 0.4) is 0 Å². The first-order chi connectivity index (χ1) is 10.6. The molecule has 0 bridgehead atoms. The normalized spacial score (nSPS) is 21.4. The van der Waals surface area contributed by atoms with E-state index in [2.05, 4.69) is 12.1 Å². The summed E-state index contributed by atoms with van der Waals surface area (Å²) in [7, 11) is 0. The SMILES string of the molecule is N#CC1(C#N)C(c2ccccc2)C1c1ccc([N+](=O)[O-])cc1. The molecule has 0 radical (unpaired) electrons. The number of hydrogen-bond acceptors (Lipinski definition) is 4. The fourth-order valence-corrected chi connectivity index (χ4v) is 3.07. The molecule has 5 nitrogen and oxygen atoms in total. The average Bonchev–Trinajstić information content (AvgIpc) is 3.25. The number of nitriles is 2. The Bertz CT molecular complexity index is 787. The summed E-state index contributed by atoms with van der Waals surface area (Å²) in [5, 5.41) is 29.7. The molecule has 1 aliphatic rings. The van der Waals surface area contributed by atoms with Crippen LogP contribution in [-0.4, -0.2) is 4.92 Å². The van der Waals surface area contributed by atoms with E-state index in [1.165, 1.54) is 12.1 Å². The van der Waals surface area contributed by atoms with Crippen LogP contribution in [0.4, 0.5) is 5.69 Å². The van der Waals surface area contributed by atoms with Crippen LogP contribution in [0.25, 0.3) is 0 Å². The van der Waals surface area contributed by atoms with Crippen molar-refractivity contribution in [2.45, 2.75) is 11.8 Å². The first-order valence-corrected chi connectivity index (χ1v) is 6.76. The van der Waals surface area contributed by atoms with E-state index in [0.717, 1.165) is 11.1 Å². The summed E-state index contributed by atoms with van der Waals surface area (Å²) in [6.07, 6.45) is 0. The van der Waals surface area contributed by atoms with E-state index in [0.29, 0.717) is 0 Å². The van der Waals surface area contributed by atoms with Crippen molar-refractivity contribution in [1.82, 2.24) is 0 Å². The van der Waals surface area contributed by atoms with Gasteiger partial charge in [0.15, 0.2) is 5.41 Å². The second kappa shape index (κ2) is 4.98. The topological polar surface area (TPSA) is 90.7 Å². The van der Waals surface area contributed by atoms with Gasteiger partial charge in [0.25, 0.3) is 5.69 Å². The van der Waals surface area contributed by atoms with Gasteiger partial charge in [0.1, 0.15) is 0 Å². The summed E-state index contributed by atoms with van der Waals surface area (Å²) < 4.78 is 0. The molecule has 0 saturated heterocycles. The quantitative estimate of drug-likeness (QED) is 0.638. The molecule has 106 valence electrons. The molecular formula is C17H11N3O2. The fourth-order valence-electron chi connectivity index (χ4n) is 3.07.